The summed E-state index contributed by atoms with van der Waals surface area (Å²) in [7, 11) is 0. The normalized spacial score (nSPS) is 15.9. The number of piperazine rings is 1. The molecule has 2 saturated heterocycles. The lowest BCUT2D eigenvalue weighted by atomic mass is 10.1. The van der Waals surface area contributed by atoms with Crippen LogP contribution < -0.4 is 15.1 Å². The van der Waals surface area contributed by atoms with Crippen LogP contribution in [-0.4, -0.2) is 73.3 Å². The number of hydrogen-bond donors (Lipinski definition) is 1. The fourth-order valence-corrected chi connectivity index (χ4v) is 4.96. The third-order valence-electron chi connectivity index (χ3n) is 6.75. The minimum Gasteiger partial charge on any atom is -0.457 e. The highest BCUT2D eigenvalue weighted by molar-refractivity contribution is 7.80. The highest BCUT2D eigenvalue weighted by atomic mass is 32.1. The second-order valence-electron chi connectivity index (χ2n) is 9.20. The molecule has 3 aromatic rings. The standard InChI is InChI=1S/C28H29N5O5S/c34-27(11-8-23-7-10-26(38-23)21-4-2-1-3-5-21)29-28(39)32-14-12-30(13-15-32)22-6-9-24(33(35)36)25(20-22)31-16-18-37-19-17-31/h1-11,20H,12-19H2,(H,29,34,39)/b11-8+. The molecule has 10 nitrogen and oxygen atoms in total. The monoisotopic (exact) mass is 547 g/mol. The van der Waals surface area contributed by atoms with Crippen LogP contribution in [0.3, 0.4) is 0 Å². The Kier molecular flexibility index (Phi) is 8.18. The second-order valence-corrected chi connectivity index (χ2v) is 9.59. The predicted molar refractivity (Wildman–Crippen MR) is 154 cm³/mol. The van der Waals surface area contributed by atoms with Crippen molar-refractivity contribution in [3.05, 3.63) is 82.6 Å². The fourth-order valence-electron chi connectivity index (χ4n) is 4.67. The van der Waals surface area contributed by atoms with Crippen molar-refractivity contribution in [2.45, 2.75) is 0 Å². The number of thiocarbonyl (C=S) groups is 1. The van der Waals surface area contributed by atoms with Gasteiger partial charge in [0.05, 0.1) is 18.1 Å². The van der Waals surface area contributed by atoms with Crippen molar-refractivity contribution >= 4 is 46.4 Å². The number of carbonyl (C=O) groups is 1. The summed E-state index contributed by atoms with van der Waals surface area (Å²) in [4.78, 5) is 29.9. The molecule has 0 bridgehead atoms. The molecular weight excluding hydrogens is 518 g/mol. The summed E-state index contributed by atoms with van der Waals surface area (Å²) in [6, 6.07) is 18.7. The van der Waals surface area contributed by atoms with Gasteiger partial charge < -0.3 is 23.9 Å². The van der Waals surface area contributed by atoms with Gasteiger partial charge in [-0.1, -0.05) is 30.3 Å². The molecule has 2 aliphatic rings. The minimum absolute atomic E-state index is 0.0991. The first kappa shape index (κ1) is 26.4. The van der Waals surface area contributed by atoms with Gasteiger partial charge in [-0.25, -0.2) is 0 Å². The SMILES string of the molecule is O=C(/C=C/c1ccc(-c2ccccc2)o1)NC(=S)N1CCN(c2ccc([N+](=O)[O-])c(N3CCOCC3)c2)CC1. The summed E-state index contributed by atoms with van der Waals surface area (Å²) in [5.74, 6) is 0.975. The Bertz CT molecular complexity index is 1360. The molecule has 0 aliphatic carbocycles. The van der Waals surface area contributed by atoms with Gasteiger partial charge in [0.2, 0.25) is 5.91 Å². The van der Waals surface area contributed by atoms with Crippen LogP contribution in [0.1, 0.15) is 5.76 Å². The summed E-state index contributed by atoms with van der Waals surface area (Å²) in [5, 5.41) is 14.7. The lowest BCUT2D eigenvalue weighted by Gasteiger charge is -2.37. The molecule has 0 atom stereocenters. The molecule has 2 fully saturated rings. The molecule has 2 aliphatic heterocycles. The second kappa shape index (κ2) is 12.1. The highest BCUT2D eigenvalue weighted by Crippen LogP contribution is 2.33. The van der Waals surface area contributed by atoms with E-state index in [0.29, 0.717) is 69.0 Å². The van der Waals surface area contributed by atoms with Crippen LogP contribution in [0.25, 0.3) is 17.4 Å². The zero-order valence-corrected chi connectivity index (χ0v) is 22.1. The fraction of sp³-hybridized carbons (Fsp3) is 0.286. The predicted octanol–water partition coefficient (Wildman–Crippen LogP) is 3.93. The molecule has 0 unspecified atom stereocenters. The van der Waals surface area contributed by atoms with E-state index in [0.717, 1.165) is 17.0 Å². The van der Waals surface area contributed by atoms with Crippen molar-refractivity contribution in [3.63, 3.8) is 0 Å². The number of furan rings is 1. The summed E-state index contributed by atoms with van der Waals surface area (Å²) >= 11 is 5.48. The van der Waals surface area contributed by atoms with Crippen LogP contribution in [0, 0.1) is 10.1 Å². The molecule has 5 rings (SSSR count). The van der Waals surface area contributed by atoms with Crippen LogP contribution >= 0.6 is 12.2 Å². The number of amides is 1. The summed E-state index contributed by atoms with van der Waals surface area (Å²) in [6.07, 6.45) is 3.02. The molecule has 39 heavy (non-hydrogen) atoms. The number of ether oxygens (including phenoxy) is 1. The van der Waals surface area contributed by atoms with E-state index in [2.05, 4.69) is 10.2 Å². The van der Waals surface area contributed by atoms with E-state index in [9.17, 15) is 14.9 Å². The Balaban J connectivity index is 1.15. The Labute approximate surface area is 231 Å². The number of nitrogens with one attached hydrogen (secondary N) is 1. The highest BCUT2D eigenvalue weighted by Gasteiger charge is 2.25. The molecule has 202 valence electrons. The number of nitro benzene ring substituents is 1. The van der Waals surface area contributed by atoms with Crippen molar-refractivity contribution in [2.24, 2.45) is 0 Å². The van der Waals surface area contributed by atoms with Crippen LogP contribution in [0.15, 0.2) is 71.2 Å². The number of nitrogens with zero attached hydrogens (tertiary/aromatic N) is 4. The molecule has 1 amide bonds. The van der Waals surface area contributed by atoms with E-state index < -0.39 is 0 Å². The summed E-state index contributed by atoms with van der Waals surface area (Å²) in [5.41, 5.74) is 2.60. The third-order valence-corrected chi connectivity index (χ3v) is 7.11. The lowest BCUT2D eigenvalue weighted by molar-refractivity contribution is -0.384. The first-order valence-corrected chi connectivity index (χ1v) is 13.2. The van der Waals surface area contributed by atoms with E-state index in [1.54, 1.807) is 18.2 Å². The maximum atomic E-state index is 12.5. The average Bonchev–Trinajstić information content (AvgIpc) is 3.46. The number of hydrogen-bond acceptors (Lipinski definition) is 8. The third kappa shape index (κ3) is 6.44. The van der Waals surface area contributed by atoms with E-state index in [1.807, 2.05) is 58.3 Å². The van der Waals surface area contributed by atoms with Crippen LogP contribution in [0.4, 0.5) is 17.1 Å². The quantitative estimate of drug-likeness (QED) is 0.213. The topological polar surface area (TPSA) is 104 Å². The Morgan fingerprint density at radius 1 is 0.949 bits per heavy atom. The van der Waals surface area contributed by atoms with E-state index in [-0.39, 0.29) is 16.5 Å². The summed E-state index contributed by atoms with van der Waals surface area (Å²) < 4.78 is 11.2. The molecule has 3 heterocycles. The van der Waals surface area contributed by atoms with Crippen LogP contribution in [0.2, 0.25) is 0 Å². The van der Waals surface area contributed by atoms with Gasteiger partial charge in [0.1, 0.15) is 17.2 Å². The molecular formula is C28H29N5O5S. The van der Waals surface area contributed by atoms with Crippen molar-refractivity contribution in [1.29, 1.82) is 0 Å². The first-order valence-electron chi connectivity index (χ1n) is 12.8. The lowest BCUT2D eigenvalue weighted by Crippen LogP contribution is -2.52. The molecule has 1 N–H and O–H groups in total. The number of nitro groups is 1. The molecule has 11 heteroatoms. The Morgan fingerprint density at radius 3 is 2.41 bits per heavy atom. The molecule has 1 aromatic heterocycles. The van der Waals surface area contributed by atoms with Crippen LogP contribution in [0.5, 0.6) is 0 Å². The maximum Gasteiger partial charge on any atom is 0.292 e. The van der Waals surface area contributed by atoms with Gasteiger partial charge in [-0.15, -0.1) is 0 Å². The Morgan fingerprint density at radius 2 is 1.69 bits per heavy atom. The largest absolute Gasteiger partial charge is 0.457 e. The van der Waals surface area contributed by atoms with E-state index >= 15 is 0 Å². The van der Waals surface area contributed by atoms with E-state index in [1.165, 1.54) is 6.08 Å². The molecule has 0 spiro atoms. The number of carbonyl (C=O) groups excluding carboxylic acids is 1. The Hall–Kier alpha value is -4.22. The number of anilines is 2. The van der Waals surface area contributed by atoms with Crippen molar-refractivity contribution in [3.8, 4) is 11.3 Å². The average molecular weight is 548 g/mol. The van der Waals surface area contributed by atoms with Crippen molar-refractivity contribution in [1.82, 2.24) is 10.2 Å². The van der Waals surface area contributed by atoms with Crippen LogP contribution in [-0.2, 0) is 9.53 Å². The van der Waals surface area contributed by atoms with Crippen molar-refractivity contribution in [2.75, 3.05) is 62.3 Å². The van der Waals surface area contributed by atoms with Gasteiger partial charge in [0, 0.05) is 62.7 Å². The first-order chi connectivity index (χ1) is 19.0. The maximum absolute atomic E-state index is 12.5. The van der Waals surface area contributed by atoms with Gasteiger partial charge in [-0.3, -0.25) is 20.2 Å². The van der Waals surface area contributed by atoms with Gasteiger partial charge in [-0.2, -0.15) is 0 Å². The zero-order chi connectivity index (χ0) is 27.2. The molecule has 0 saturated carbocycles. The molecule has 0 radical (unpaired) electrons. The van der Waals surface area contributed by atoms with E-state index in [4.69, 9.17) is 21.4 Å². The summed E-state index contributed by atoms with van der Waals surface area (Å²) in [6.45, 7) is 4.91. The van der Waals surface area contributed by atoms with Gasteiger partial charge in [-0.05, 0) is 42.6 Å². The van der Waals surface area contributed by atoms with Crippen molar-refractivity contribution < 1.29 is 18.9 Å². The molecule has 2 aromatic carbocycles. The van der Waals surface area contributed by atoms with Gasteiger partial charge in [0.15, 0.2) is 5.11 Å². The smallest absolute Gasteiger partial charge is 0.292 e. The zero-order valence-electron chi connectivity index (χ0n) is 21.3. The van der Waals surface area contributed by atoms with Gasteiger partial charge in [0.25, 0.3) is 5.69 Å². The number of benzene rings is 2. The van der Waals surface area contributed by atoms with Gasteiger partial charge >= 0.3 is 0 Å². The minimum atomic E-state index is -0.337. The number of morpholine rings is 1. The number of rotatable bonds is 6.